The van der Waals surface area contributed by atoms with Gasteiger partial charge in [-0.3, -0.25) is 9.59 Å². The number of nitrogens with zero attached hydrogens (tertiary/aromatic N) is 2. The van der Waals surface area contributed by atoms with Crippen molar-refractivity contribution in [3.05, 3.63) is 40.7 Å². The van der Waals surface area contributed by atoms with Gasteiger partial charge in [-0.1, -0.05) is 32.1 Å². The smallest absolute Gasteiger partial charge is 0.248 e. The van der Waals surface area contributed by atoms with E-state index in [0.717, 1.165) is 55.0 Å². The highest BCUT2D eigenvalue weighted by atomic mass is 16.5. The molecule has 1 amide bonds. The maximum atomic E-state index is 13.1. The molecule has 1 saturated carbocycles. The van der Waals surface area contributed by atoms with Gasteiger partial charge >= 0.3 is 0 Å². The lowest BCUT2D eigenvalue weighted by atomic mass is 9.87. The van der Waals surface area contributed by atoms with Gasteiger partial charge in [0.05, 0.1) is 6.61 Å². The number of aromatic nitrogens is 1. The number of aromatic amines is 1. The van der Waals surface area contributed by atoms with E-state index < -0.39 is 0 Å². The molecule has 1 aliphatic carbocycles. The fourth-order valence-corrected chi connectivity index (χ4v) is 5.39. The van der Waals surface area contributed by atoms with E-state index in [-0.39, 0.29) is 5.56 Å². The number of hydrogen-bond donors (Lipinski definition) is 1. The van der Waals surface area contributed by atoms with Crippen molar-refractivity contribution >= 4 is 16.8 Å². The molecule has 0 radical (unpaired) electrons. The third-order valence-corrected chi connectivity index (χ3v) is 7.52. The number of pyridine rings is 1. The Balaban J connectivity index is 1.19. The van der Waals surface area contributed by atoms with Gasteiger partial charge in [0.25, 0.3) is 0 Å². The standard InChI is InChI=1S/C28H41N3O3/c32-27-14-11-24-22-25(12-13-26(24)29-27)34-21-7-4-10-28(33)31(20-19-30-16-5-6-17-30)18-15-23-8-2-1-3-9-23/h11-14,22-23H,1-10,15-21H2,(H,29,32). The fraction of sp³-hybridized carbons (Fsp3) is 0.643. The molecule has 0 unspecified atom stereocenters. The summed E-state index contributed by atoms with van der Waals surface area (Å²) in [6, 6.07) is 9.04. The molecular formula is C28H41N3O3. The summed E-state index contributed by atoms with van der Waals surface area (Å²) in [6.45, 7) is 5.79. The summed E-state index contributed by atoms with van der Waals surface area (Å²) in [4.78, 5) is 32.0. The van der Waals surface area contributed by atoms with Gasteiger partial charge in [-0.2, -0.15) is 0 Å². The van der Waals surface area contributed by atoms with Crippen molar-refractivity contribution in [3.8, 4) is 5.75 Å². The van der Waals surface area contributed by atoms with E-state index in [2.05, 4.69) is 14.8 Å². The monoisotopic (exact) mass is 467 g/mol. The number of amides is 1. The average Bonchev–Trinajstić information content (AvgIpc) is 3.38. The highest BCUT2D eigenvalue weighted by Crippen LogP contribution is 2.26. The van der Waals surface area contributed by atoms with Gasteiger partial charge in [0.1, 0.15) is 5.75 Å². The number of rotatable bonds is 12. The zero-order valence-electron chi connectivity index (χ0n) is 20.6. The molecule has 2 aliphatic rings. The van der Waals surface area contributed by atoms with E-state index in [9.17, 15) is 9.59 Å². The molecule has 0 bridgehead atoms. The van der Waals surface area contributed by atoms with Gasteiger partial charge in [0.2, 0.25) is 11.5 Å². The number of carbonyl (C=O) groups is 1. The zero-order chi connectivity index (χ0) is 23.6. The Morgan fingerprint density at radius 1 is 1.00 bits per heavy atom. The average molecular weight is 468 g/mol. The van der Waals surface area contributed by atoms with Crippen molar-refractivity contribution in [2.45, 2.75) is 70.6 Å². The molecule has 1 aromatic carbocycles. The molecular weight excluding hydrogens is 426 g/mol. The number of carbonyl (C=O) groups excluding carboxylic acids is 1. The van der Waals surface area contributed by atoms with Gasteiger partial charge in [-0.15, -0.1) is 0 Å². The molecule has 2 aromatic rings. The predicted molar refractivity (Wildman–Crippen MR) is 137 cm³/mol. The highest BCUT2D eigenvalue weighted by Gasteiger charge is 2.20. The second-order valence-electron chi connectivity index (χ2n) is 10.1. The summed E-state index contributed by atoms with van der Waals surface area (Å²) in [6.07, 6.45) is 12.9. The van der Waals surface area contributed by atoms with Gasteiger partial charge in [-0.05, 0) is 75.4 Å². The molecule has 1 saturated heterocycles. The van der Waals surface area contributed by atoms with Crippen molar-refractivity contribution in [1.82, 2.24) is 14.8 Å². The Hall–Kier alpha value is -2.34. The number of ether oxygens (including phenoxy) is 1. The molecule has 6 nitrogen and oxygen atoms in total. The Kier molecular flexibility index (Phi) is 9.43. The summed E-state index contributed by atoms with van der Waals surface area (Å²) in [5.41, 5.74) is 0.715. The van der Waals surface area contributed by atoms with Crippen LogP contribution in [0, 0.1) is 5.92 Å². The molecule has 2 heterocycles. The Labute approximate surface area is 203 Å². The SMILES string of the molecule is O=C(CCCCOc1ccc2[nH]c(=O)ccc2c1)N(CCC1CCCCC1)CCN1CCCC1. The number of fused-ring (bicyclic) bond motifs is 1. The maximum absolute atomic E-state index is 13.1. The van der Waals surface area contributed by atoms with Crippen LogP contribution in [0.3, 0.4) is 0 Å². The molecule has 4 rings (SSSR count). The van der Waals surface area contributed by atoms with E-state index in [1.807, 2.05) is 24.3 Å². The van der Waals surface area contributed by atoms with Gasteiger partial charge < -0.3 is 19.5 Å². The maximum Gasteiger partial charge on any atom is 0.248 e. The largest absolute Gasteiger partial charge is 0.494 e. The number of hydrogen-bond acceptors (Lipinski definition) is 4. The molecule has 1 aromatic heterocycles. The third-order valence-electron chi connectivity index (χ3n) is 7.52. The van der Waals surface area contributed by atoms with Crippen LogP contribution in [-0.4, -0.2) is 60.0 Å². The number of likely N-dealkylation sites (tertiary alicyclic amines) is 1. The number of benzene rings is 1. The normalized spacial score (nSPS) is 17.3. The first-order valence-electron chi connectivity index (χ1n) is 13.4. The number of H-pyrrole nitrogens is 1. The third kappa shape index (κ3) is 7.59. The molecule has 2 fully saturated rings. The highest BCUT2D eigenvalue weighted by molar-refractivity contribution is 5.79. The zero-order valence-corrected chi connectivity index (χ0v) is 20.6. The van der Waals surface area contributed by atoms with Crippen LogP contribution in [0.5, 0.6) is 5.75 Å². The lowest BCUT2D eigenvalue weighted by Gasteiger charge is -2.29. The summed E-state index contributed by atoms with van der Waals surface area (Å²) in [5, 5.41) is 0.957. The van der Waals surface area contributed by atoms with E-state index in [1.165, 1.54) is 70.5 Å². The summed E-state index contributed by atoms with van der Waals surface area (Å²) < 4.78 is 5.90. The van der Waals surface area contributed by atoms with Crippen molar-refractivity contribution in [3.63, 3.8) is 0 Å². The van der Waals surface area contributed by atoms with Crippen molar-refractivity contribution < 1.29 is 9.53 Å². The first-order chi connectivity index (χ1) is 16.7. The minimum absolute atomic E-state index is 0.0981. The fourth-order valence-electron chi connectivity index (χ4n) is 5.39. The summed E-state index contributed by atoms with van der Waals surface area (Å²) in [5.74, 6) is 1.92. The summed E-state index contributed by atoms with van der Waals surface area (Å²) >= 11 is 0. The molecule has 186 valence electrons. The molecule has 0 atom stereocenters. The molecule has 0 spiro atoms. The topological polar surface area (TPSA) is 65.6 Å². The van der Waals surface area contributed by atoms with Crippen LogP contribution >= 0.6 is 0 Å². The molecule has 34 heavy (non-hydrogen) atoms. The minimum Gasteiger partial charge on any atom is -0.494 e. The molecule has 6 heteroatoms. The van der Waals surface area contributed by atoms with Crippen LogP contribution < -0.4 is 10.3 Å². The van der Waals surface area contributed by atoms with Crippen LogP contribution in [-0.2, 0) is 4.79 Å². The second-order valence-corrected chi connectivity index (χ2v) is 10.1. The van der Waals surface area contributed by atoms with Crippen LogP contribution in [0.25, 0.3) is 10.9 Å². The van der Waals surface area contributed by atoms with E-state index in [0.29, 0.717) is 18.9 Å². The van der Waals surface area contributed by atoms with Crippen LogP contribution in [0.4, 0.5) is 0 Å². The van der Waals surface area contributed by atoms with Gasteiger partial charge in [-0.25, -0.2) is 0 Å². The van der Waals surface area contributed by atoms with Crippen LogP contribution in [0.15, 0.2) is 35.1 Å². The molecule has 1 N–H and O–H groups in total. The van der Waals surface area contributed by atoms with E-state index >= 15 is 0 Å². The second kappa shape index (κ2) is 12.9. The number of unbranched alkanes of at least 4 members (excludes halogenated alkanes) is 1. The van der Waals surface area contributed by atoms with Gasteiger partial charge in [0, 0.05) is 43.0 Å². The lowest BCUT2D eigenvalue weighted by Crippen LogP contribution is -2.39. The predicted octanol–water partition coefficient (Wildman–Crippen LogP) is 4.97. The van der Waals surface area contributed by atoms with Crippen LogP contribution in [0.1, 0.15) is 70.6 Å². The summed E-state index contributed by atoms with van der Waals surface area (Å²) in [7, 11) is 0. The number of nitrogens with one attached hydrogen (secondary N) is 1. The van der Waals surface area contributed by atoms with Gasteiger partial charge in [0.15, 0.2) is 0 Å². The van der Waals surface area contributed by atoms with Crippen molar-refractivity contribution in [2.24, 2.45) is 5.92 Å². The minimum atomic E-state index is -0.0981. The molecule has 1 aliphatic heterocycles. The first-order valence-corrected chi connectivity index (χ1v) is 13.4. The van der Waals surface area contributed by atoms with E-state index in [4.69, 9.17) is 4.74 Å². The van der Waals surface area contributed by atoms with Crippen molar-refractivity contribution in [1.29, 1.82) is 0 Å². The van der Waals surface area contributed by atoms with Crippen molar-refractivity contribution in [2.75, 3.05) is 39.3 Å². The Bertz CT molecular complexity index is 961. The quantitative estimate of drug-likeness (QED) is 0.448. The Morgan fingerprint density at radius 2 is 1.82 bits per heavy atom. The Morgan fingerprint density at radius 3 is 2.65 bits per heavy atom. The lowest BCUT2D eigenvalue weighted by molar-refractivity contribution is -0.131. The van der Waals surface area contributed by atoms with Crippen LogP contribution in [0.2, 0.25) is 0 Å². The first kappa shape index (κ1) is 24.8. The van der Waals surface area contributed by atoms with E-state index in [1.54, 1.807) is 0 Å².